The summed E-state index contributed by atoms with van der Waals surface area (Å²) in [6.45, 7) is 3.30. The molecule has 40 heavy (non-hydrogen) atoms. The molecule has 1 fully saturated rings. The standard InChI is InChI=1S/C34H32Cl2N4/c35-28-11-6-25(7-12-28)34(26-8-13-29(36)14-9-26)27-10-15-32-31(22-27)33(23-37-39-32)38-30-17-20-40(21-18-30)19-16-24-4-2-1-3-5-24/h1-15,22-23,30,34H,16-21H2,(H,38,39). The summed E-state index contributed by atoms with van der Waals surface area (Å²) < 4.78 is 0. The van der Waals surface area contributed by atoms with Crippen LogP contribution < -0.4 is 5.32 Å². The molecule has 1 N–H and O–H groups in total. The minimum absolute atomic E-state index is 0.0350. The van der Waals surface area contributed by atoms with E-state index < -0.39 is 0 Å². The smallest absolute Gasteiger partial charge is 0.0950 e. The van der Waals surface area contributed by atoms with Gasteiger partial charge >= 0.3 is 0 Å². The number of nitrogens with one attached hydrogen (secondary N) is 1. The predicted molar refractivity (Wildman–Crippen MR) is 167 cm³/mol. The zero-order valence-electron chi connectivity index (χ0n) is 22.3. The second-order valence-corrected chi connectivity index (χ2v) is 11.4. The molecular formula is C34H32Cl2N4. The van der Waals surface area contributed by atoms with Crippen molar-refractivity contribution < 1.29 is 0 Å². The van der Waals surface area contributed by atoms with Crippen molar-refractivity contribution in [2.75, 3.05) is 25.0 Å². The highest BCUT2D eigenvalue weighted by molar-refractivity contribution is 6.30. The Hall–Kier alpha value is -3.44. The number of anilines is 1. The average Bonchev–Trinajstić information content (AvgIpc) is 3.00. The summed E-state index contributed by atoms with van der Waals surface area (Å²) in [6.07, 6.45) is 5.18. The Bertz CT molecular complexity index is 1500. The van der Waals surface area contributed by atoms with E-state index in [4.69, 9.17) is 23.2 Å². The SMILES string of the molecule is Clc1ccc(C(c2ccc(Cl)cc2)c2ccc3nncc(NC4CCN(CCc5ccccc5)CC4)c3c2)cc1. The van der Waals surface area contributed by atoms with Crippen LogP contribution in [0, 0.1) is 0 Å². The van der Waals surface area contributed by atoms with Crippen LogP contribution in [0.3, 0.4) is 0 Å². The van der Waals surface area contributed by atoms with Gasteiger partial charge in [0.05, 0.1) is 17.4 Å². The molecule has 0 saturated carbocycles. The zero-order valence-corrected chi connectivity index (χ0v) is 23.8. The largest absolute Gasteiger partial charge is 0.380 e. The van der Waals surface area contributed by atoms with Gasteiger partial charge in [-0.2, -0.15) is 10.2 Å². The van der Waals surface area contributed by atoms with Crippen molar-refractivity contribution in [3.05, 3.63) is 136 Å². The Labute approximate surface area is 246 Å². The van der Waals surface area contributed by atoms with Gasteiger partial charge in [-0.1, -0.05) is 83.9 Å². The fourth-order valence-corrected chi connectivity index (χ4v) is 5.96. The molecule has 202 valence electrons. The van der Waals surface area contributed by atoms with Gasteiger partial charge in [0.1, 0.15) is 0 Å². The molecule has 0 amide bonds. The first kappa shape index (κ1) is 26.8. The van der Waals surface area contributed by atoms with E-state index in [0.29, 0.717) is 6.04 Å². The summed E-state index contributed by atoms with van der Waals surface area (Å²) >= 11 is 12.5. The van der Waals surface area contributed by atoms with Gasteiger partial charge in [0.25, 0.3) is 0 Å². The number of hydrogen-bond acceptors (Lipinski definition) is 4. The van der Waals surface area contributed by atoms with Crippen LogP contribution in [0.4, 0.5) is 5.69 Å². The van der Waals surface area contributed by atoms with Crippen LogP contribution in [0.2, 0.25) is 10.0 Å². The first-order valence-corrected chi connectivity index (χ1v) is 14.7. The van der Waals surface area contributed by atoms with E-state index in [1.165, 1.54) is 22.3 Å². The van der Waals surface area contributed by atoms with Gasteiger partial charge in [0.15, 0.2) is 0 Å². The fraction of sp³-hybridized carbons (Fsp3) is 0.235. The Morgan fingerprint density at radius 3 is 2.05 bits per heavy atom. The molecule has 1 aliphatic heterocycles. The molecule has 1 saturated heterocycles. The van der Waals surface area contributed by atoms with Crippen molar-refractivity contribution >= 4 is 39.8 Å². The summed E-state index contributed by atoms with van der Waals surface area (Å²) in [6, 6.07) is 33.9. The van der Waals surface area contributed by atoms with Gasteiger partial charge in [-0.15, -0.1) is 0 Å². The van der Waals surface area contributed by atoms with Gasteiger partial charge in [-0.3, -0.25) is 0 Å². The Kier molecular flexibility index (Phi) is 8.29. The number of rotatable bonds is 8. The molecule has 0 spiro atoms. The van der Waals surface area contributed by atoms with Crippen molar-refractivity contribution in [1.29, 1.82) is 0 Å². The van der Waals surface area contributed by atoms with Crippen molar-refractivity contribution in [2.24, 2.45) is 0 Å². The first-order valence-electron chi connectivity index (χ1n) is 13.9. The monoisotopic (exact) mass is 566 g/mol. The second kappa shape index (κ2) is 12.4. The highest BCUT2D eigenvalue weighted by Gasteiger charge is 2.21. The molecule has 0 aliphatic carbocycles. The van der Waals surface area contributed by atoms with E-state index in [1.807, 2.05) is 30.5 Å². The number of likely N-dealkylation sites (tertiary alicyclic amines) is 1. The quantitative estimate of drug-likeness (QED) is 0.192. The van der Waals surface area contributed by atoms with Crippen LogP contribution in [0.15, 0.2) is 103 Å². The number of piperidine rings is 1. The summed E-state index contributed by atoms with van der Waals surface area (Å²) in [5.41, 5.74) is 6.86. The maximum Gasteiger partial charge on any atom is 0.0950 e. The van der Waals surface area contributed by atoms with Gasteiger partial charge in [0.2, 0.25) is 0 Å². The summed E-state index contributed by atoms with van der Waals surface area (Å²) in [4.78, 5) is 2.58. The fourth-order valence-electron chi connectivity index (χ4n) is 5.71. The van der Waals surface area contributed by atoms with Crippen LogP contribution >= 0.6 is 23.2 Å². The van der Waals surface area contributed by atoms with Gasteiger partial charge in [-0.05, 0) is 77.9 Å². The lowest BCUT2D eigenvalue weighted by molar-refractivity contribution is 0.221. The van der Waals surface area contributed by atoms with Crippen LogP contribution in [-0.2, 0) is 6.42 Å². The molecule has 4 aromatic carbocycles. The van der Waals surface area contributed by atoms with Crippen molar-refractivity contribution in [3.8, 4) is 0 Å². The van der Waals surface area contributed by atoms with Crippen LogP contribution in [0.25, 0.3) is 10.9 Å². The Morgan fingerprint density at radius 1 is 0.775 bits per heavy atom. The van der Waals surface area contributed by atoms with E-state index in [0.717, 1.165) is 65.5 Å². The third-order valence-corrected chi connectivity index (χ3v) is 8.41. The number of hydrogen-bond donors (Lipinski definition) is 1. The Morgan fingerprint density at radius 2 is 1.40 bits per heavy atom. The zero-order chi connectivity index (χ0) is 27.3. The summed E-state index contributed by atoms with van der Waals surface area (Å²) in [5, 5.41) is 15.1. The number of aromatic nitrogens is 2. The predicted octanol–water partition coefficient (Wildman–Crippen LogP) is 8.24. The molecule has 1 aromatic heterocycles. The van der Waals surface area contributed by atoms with E-state index in [9.17, 15) is 0 Å². The van der Waals surface area contributed by atoms with Crippen LogP contribution in [0.5, 0.6) is 0 Å². The lowest BCUT2D eigenvalue weighted by atomic mass is 9.84. The van der Waals surface area contributed by atoms with Gasteiger partial charge in [0, 0.05) is 47.0 Å². The molecule has 6 rings (SSSR count). The van der Waals surface area contributed by atoms with Crippen molar-refractivity contribution in [2.45, 2.75) is 31.2 Å². The lowest BCUT2D eigenvalue weighted by Crippen LogP contribution is -2.40. The number of fused-ring (bicyclic) bond motifs is 1. The third-order valence-electron chi connectivity index (χ3n) is 7.91. The average molecular weight is 568 g/mol. The minimum Gasteiger partial charge on any atom is -0.380 e. The maximum absolute atomic E-state index is 6.23. The van der Waals surface area contributed by atoms with Crippen molar-refractivity contribution in [1.82, 2.24) is 15.1 Å². The molecule has 2 heterocycles. The molecule has 4 nitrogen and oxygen atoms in total. The molecular weight excluding hydrogens is 535 g/mol. The normalized spacial score (nSPS) is 14.6. The molecule has 0 atom stereocenters. The molecule has 0 unspecified atom stereocenters. The molecule has 0 bridgehead atoms. The number of benzene rings is 4. The second-order valence-electron chi connectivity index (χ2n) is 10.6. The highest BCUT2D eigenvalue weighted by atomic mass is 35.5. The Balaban J connectivity index is 1.22. The van der Waals surface area contributed by atoms with Gasteiger partial charge in [-0.25, -0.2) is 0 Å². The van der Waals surface area contributed by atoms with Crippen LogP contribution in [0.1, 0.15) is 41.0 Å². The third kappa shape index (κ3) is 6.31. The molecule has 1 aliphatic rings. The summed E-state index contributed by atoms with van der Waals surface area (Å²) in [5.74, 6) is 0.0350. The highest BCUT2D eigenvalue weighted by Crippen LogP contribution is 2.36. The molecule has 5 aromatic rings. The minimum atomic E-state index is 0.0350. The van der Waals surface area contributed by atoms with Crippen LogP contribution in [-0.4, -0.2) is 40.8 Å². The number of halogens is 2. The van der Waals surface area contributed by atoms with E-state index in [-0.39, 0.29) is 5.92 Å². The topological polar surface area (TPSA) is 41.1 Å². The van der Waals surface area contributed by atoms with E-state index in [1.54, 1.807) is 0 Å². The maximum atomic E-state index is 6.23. The first-order chi connectivity index (χ1) is 19.6. The van der Waals surface area contributed by atoms with E-state index in [2.05, 4.69) is 93.2 Å². The lowest BCUT2D eigenvalue weighted by Gasteiger charge is -2.33. The summed E-state index contributed by atoms with van der Waals surface area (Å²) in [7, 11) is 0. The molecule has 0 radical (unpaired) electrons. The van der Waals surface area contributed by atoms with Crippen molar-refractivity contribution in [3.63, 3.8) is 0 Å². The van der Waals surface area contributed by atoms with Gasteiger partial charge < -0.3 is 10.2 Å². The van der Waals surface area contributed by atoms with E-state index >= 15 is 0 Å². The molecule has 6 heteroatoms. The number of nitrogens with zero attached hydrogens (tertiary/aromatic N) is 3.